The third kappa shape index (κ3) is 2.97. The number of hydrogen-bond acceptors (Lipinski definition) is 5. The minimum Gasteiger partial charge on any atom is -0.349 e. The number of nitrogens with zero attached hydrogens (tertiary/aromatic N) is 3. The fourth-order valence-corrected chi connectivity index (χ4v) is 2.00. The van der Waals surface area contributed by atoms with Gasteiger partial charge in [0.05, 0.1) is 16.0 Å². The van der Waals surface area contributed by atoms with Crippen LogP contribution in [0.5, 0.6) is 0 Å². The predicted octanol–water partition coefficient (Wildman–Crippen LogP) is 2.62. The number of halogens is 1. The lowest BCUT2D eigenvalue weighted by Gasteiger charge is -2.01. The van der Waals surface area contributed by atoms with E-state index in [0.29, 0.717) is 12.5 Å². The molecule has 0 fully saturated rings. The molecular formula is C9H9BrN4S. The molecule has 0 aliphatic heterocycles. The molecule has 0 unspecified atom stereocenters. The van der Waals surface area contributed by atoms with Crippen molar-refractivity contribution in [2.45, 2.75) is 13.5 Å². The smallest absolute Gasteiger partial charge is 0.222 e. The van der Waals surface area contributed by atoms with Crippen LogP contribution in [0.4, 0.5) is 5.95 Å². The van der Waals surface area contributed by atoms with Gasteiger partial charge in [-0.05, 0) is 22.9 Å². The molecule has 0 saturated heterocycles. The van der Waals surface area contributed by atoms with E-state index in [9.17, 15) is 0 Å². The Labute approximate surface area is 99.9 Å². The van der Waals surface area contributed by atoms with Gasteiger partial charge in [0.15, 0.2) is 0 Å². The van der Waals surface area contributed by atoms with E-state index in [0.717, 1.165) is 9.48 Å². The molecule has 0 aliphatic carbocycles. The van der Waals surface area contributed by atoms with E-state index >= 15 is 0 Å². The van der Waals surface area contributed by atoms with Crippen LogP contribution < -0.4 is 5.32 Å². The number of thiazole rings is 1. The van der Waals surface area contributed by atoms with Gasteiger partial charge in [-0.3, -0.25) is 0 Å². The molecule has 78 valence electrons. The van der Waals surface area contributed by atoms with Gasteiger partial charge >= 0.3 is 0 Å². The Morgan fingerprint density at radius 2 is 2.00 bits per heavy atom. The van der Waals surface area contributed by atoms with Crippen molar-refractivity contribution < 1.29 is 0 Å². The summed E-state index contributed by atoms with van der Waals surface area (Å²) >= 11 is 4.96. The summed E-state index contributed by atoms with van der Waals surface area (Å²) in [7, 11) is 0. The second-order valence-electron chi connectivity index (χ2n) is 2.92. The zero-order valence-electron chi connectivity index (χ0n) is 8.07. The SMILES string of the molecule is Cc1ncc(CNc2ncc(Br)cn2)s1. The van der Waals surface area contributed by atoms with Gasteiger partial charge < -0.3 is 5.32 Å². The zero-order chi connectivity index (χ0) is 10.7. The molecule has 2 aromatic heterocycles. The molecule has 4 nitrogen and oxygen atoms in total. The standard InChI is InChI=1S/C9H9BrN4S/c1-6-11-4-8(15-6)5-14-9-12-2-7(10)3-13-9/h2-4H,5H2,1H3,(H,12,13,14). The first-order chi connectivity index (χ1) is 7.24. The van der Waals surface area contributed by atoms with E-state index in [1.807, 2.05) is 13.1 Å². The summed E-state index contributed by atoms with van der Waals surface area (Å²) in [5.41, 5.74) is 0. The van der Waals surface area contributed by atoms with Crippen molar-refractivity contribution in [1.29, 1.82) is 0 Å². The molecule has 2 heterocycles. The van der Waals surface area contributed by atoms with Gasteiger partial charge in [-0.2, -0.15) is 0 Å². The van der Waals surface area contributed by atoms with Crippen LogP contribution in [0, 0.1) is 6.92 Å². The van der Waals surface area contributed by atoms with Crippen molar-refractivity contribution >= 4 is 33.2 Å². The maximum Gasteiger partial charge on any atom is 0.222 e. The van der Waals surface area contributed by atoms with E-state index in [-0.39, 0.29) is 0 Å². The first-order valence-corrected chi connectivity index (χ1v) is 5.98. The predicted molar refractivity (Wildman–Crippen MR) is 63.9 cm³/mol. The van der Waals surface area contributed by atoms with Crippen molar-refractivity contribution in [3.8, 4) is 0 Å². The number of aryl methyl sites for hydroxylation is 1. The quantitative estimate of drug-likeness (QED) is 0.941. The number of rotatable bonds is 3. The fraction of sp³-hybridized carbons (Fsp3) is 0.222. The van der Waals surface area contributed by atoms with Gasteiger partial charge in [0.2, 0.25) is 5.95 Å². The van der Waals surface area contributed by atoms with Gasteiger partial charge in [0, 0.05) is 23.5 Å². The Bertz CT molecular complexity index is 440. The molecule has 0 spiro atoms. The molecule has 0 amide bonds. The van der Waals surface area contributed by atoms with Crippen molar-refractivity contribution in [3.05, 3.63) is 32.9 Å². The highest BCUT2D eigenvalue weighted by molar-refractivity contribution is 9.10. The molecule has 6 heteroatoms. The van der Waals surface area contributed by atoms with Crippen LogP contribution in [0.3, 0.4) is 0 Å². The highest BCUT2D eigenvalue weighted by Crippen LogP contribution is 2.13. The highest BCUT2D eigenvalue weighted by atomic mass is 79.9. The lowest BCUT2D eigenvalue weighted by molar-refractivity contribution is 1.06. The minimum atomic E-state index is 0.629. The monoisotopic (exact) mass is 284 g/mol. The summed E-state index contributed by atoms with van der Waals surface area (Å²) in [5.74, 6) is 0.629. The molecule has 0 aliphatic rings. The number of anilines is 1. The van der Waals surface area contributed by atoms with Crippen LogP contribution in [0.15, 0.2) is 23.1 Å². The molecule has 0 atom stereocenters. The molecule has 2 rings (SSSR count). The van der Waals surface area contributed by atoms with Crippen LogP contribution in [-0.2, 0) is 6.54 Å². The summed E-state index contributed by atoms with van der Waals surface area (Å²) in [6.07, 6.45) is 5.30. The van der Waals surface area contributed by atoms with E-state index in [1.165, 1.54) is 4.88 Å². The third-order valence-corrected chi connectivity index (χ3v) is 3.03. The third-order valence-electron chi connectivity index (χ3n) is 1.71. The summed E-state index contributed by atoms with van der Waals surface area (Å²) in [6, 6.07) is 0. The van der Waals surface area contributed by atoms with E-state index in [4.69, 9.17) is 0 Å². The largest absolute Gasteiger partial charge is 0.349 e. The van der Waals surface area contributed by atoms with Crippen molar-refractivity contribution in [2.24, 2.45) is 0 Å². The fourth-order valence-electron chi connectivity index (χ4n) is 1.06. The molecule has 0 bridgehead atoms. The number of hydrogen-bond donors (Lipinski definition) is 1. The second-order valence-corrected chi connectivity index (χ2v) is 5.16. The topological polar surface area (TPSA) is 50.7 Å². The average Bonchev–Trinajstić information content (AvgIpc) is 2.64. The van der Waals surface area contributed by atoms with Gasteiger partial charge in [0.1, 0.15) is 0 Å². The van der Waals surface area contributed by atoms with Gasteiger partial charge in [-0.25, -0.2) is 15.0 Å². The van der Waals surface area contributed by atoms with Gasteiger partial charge in [-0.1, -0.05) is 0 Å². The van der Waals surface area contributed by atoms with Gasteiger partial charge in [0.25, 0.3) is 0 Å². The van der Waals surface area contributed by atoms with E-state index < -0.39 is 0 Å². The van der Waals surface area contributed by atoms with Crippen LogP contribution in [0.1, 0.15) is 9.88 Å². The molecule has 2 aromatic rings. The number of aromatic nitrogens is 3. The van der Waals surface area contributed by atoms with Crippen molar-refractivity contribution in [2.75, 3.05) is 5.32 Å². The van der Waals surface area contributed by atoms with Crippen molar-refractivity contribution in [3.63, 3.8) is 0 Å². The average molecular weight is 285 g/mol. The molecule has 0 aromatic carbocycles. The summed E-state index contributed by atoms with van der Waals surface area (Å²) in [4.78, 5) is 13.6. The Balaban J connectivity index is 1.96. The number of nitrogens with one attached hydrogen (secondary N) is 1. The Kier molecular flexibility index (Phi) is 3.27. The maximum absolute atomic E-state index is 4.17. The molecule has 1 N–H and O–H groups in total. The Hall–Kier alpha value is -1.01. The summed E-state index contributed by atoms with van der Waals surface area (Å²) in [5, 5.41) is 4.20. The normalized spacial score (nSPS) is 10.3. The molecule has 0 radical (unpaired) electrons. The van der Waals surface area contributed by atoms with Crippen molar-refractivity contribution in [1.82, 2.24) is 15.0 Å². The minimum absolute atomic E-state index is 0.629. The van der Waals surface area contributed by atoms with E-state index in [1.54, 1.807) is 23.7 Å². The lowest BCUT2D eigenvalue weighted by atomic mass is 10.5. The first kappa shape index (κ1) is 10.5. The Morgan fingerprint density at radius 3 is 2.60 bits per heavy atom. The lowest BCUT2D eigenvalue weighted by Crippen LogP contribution is -2.01. The maximum atomic E-state index is 4.17. The molecular weight excluding hydrogens is 276 g/mol. The molecule has 15 heavy (non-hydrogen) atoms. The summed E-state index contributed by atoms with van der Waals surface area (Å²) in [6.45, 7) is 2.71. The van der Waals surface area contributed by atoms with E-state index in [2.05, 4.69) is 36.2 Å². The molecule has 0 saturated carbocycles. The van der Waals surface area contributed by atoms with Gasteiger partial charge in [-0.15, -0.1) is 11.3 Å². The summed E-state index contributed by atoms with van der Waals surface area (Å²) < 4.78 is 0.877. The van der Waals surface area contributed by atoms with Crippen LogP contribution in [0.25, 0.3) is 0 Å². The zero-order valence-corrected chi connectivity index (χ0v) is 10.5. The van der Waals surface area contributed by atoms with Crippen LogP contribution in [0.2, 0.25) is 0 Å². The highest BCUT2D eigenvalue weighted by Gasteiger charge is 1.99. The first-order valence-electron chi connectivity index (χ1n) is 4.37. The Morgan fingerprint density at radius 1 is 1.27 bits per heavy atom. The van der Waals surface area contributed by atoms with Crippen LogP contribution in [-0.4, -0.2) is 15.0 Å². The van der Waals surface area contributed by atoms with Crippen LogP contribution >= 0.6 is 27.3 Å². The second kappa shape index (κ2) is 4.67.